The van der Waals surface area contributed by atoms with E-state index in [1.807, 2.05) is 0 Å². The highest BCUT2D eigenvalue weighted by molar-refractivity contribution is 4.92. The first-order valence-corrected chi connectivity index (χ1v) is 11.1. The van der Waals surface area contributed by atoms with E-state index in [0.29, 0.717) is 0 Å². The van der Waals surface area contributed by atoms with Gasteiger partial charge >= 0.3 is 0 Å². The molecule has 0 saturated heterocycles. The highest BCUT2D eigenvalue weighted by Crippen LogP contribution is 2.19. The van der Waals surface area contributed by atoms with Crippen molar-refractivity contribution in [3.05, 3.63) is 24.3 Å². The van der Waals surface area contributed by atoms with Crippen molar-refractivity contribution in [1.29, 1.82) is 0 Å². The Kier molecular flexibility index (Phi) is 15.3. The zero-order valence-corrected chi connectivity index (χ0v) is 18.2. The van der Waals surface area contributed by atoms with Crippen LogP contribution >= 0.6 is 0 Å². The van der Waals surface area contributed by atoms with E-state index in [1.54, 1.807) is 0 Å². The van der Waals surface area contributed by atoms with Crippen LogP contribution in [0, 0.1) is 0 Å². The largest absolute Gasteiger partial charge is 0.317 e. The van der Waals surface area contributed by atoms with E-state index in [4.69, 9.17) is 0 Å². The van der Waals surface area contributed by atoms with E-state index in [-0.39, 0.29) is 0 Å². The van der Waals surface area contributed by atoms with Gasteiger partial charge in [-0.2, -0.15) is 0 Å². The van der Waals surface area contributed by atoms with E-state index < -0.39 is 0 Å². The summed E-state index contributed by atoms with van der Waals surface area (Å²) in [5.74, 6) is 0. The van der Waals surface area contributed by atoms with Gasteiger partial charge in [0.05, 0.1) is 13.1 Å². The van der Waals surface area contributed by atoms with Crippen LogP contribution in [0.2, 0.25) is 0 Å². The summed E-state index contributed by atoms with van der Waals surface area (Å²) in [5, 5.41) is 0. The molecule has 0 unspecified atom stereocenters. The first kappa shape index (κ1) is 24.4. The zero-order valence-electron chi connectivity index (χ0n) is 18.2. The number of quaternary nitrogens is 1. The van der Waals surface area contributed by atoms with Crippen LogP contribution in [-0.2, 0) is 0 Å². The number of rotatable bonds is 18. The molecule has 0 aliphatic rings. The molecule has 1 heteroatoms. The topological polar surface area (TPSA) is 0 Å². The van der Waals surface area contributed by atoms with E-state index in [9.17, 15) is 0 Å². The quantitative estimate of drug-likeness (QED) is 0.135. The maximum absolute atomic E-state index is 4.24. The molecule has 0 fully saturated rings. The minimum absolute atomic E-state index is 1.14. The Morgan fingerprint density at radius 3 is 1.20 bits per heavy atom. The highest BCUT2D eigenvalue weighted by atomic mass is 15.3. The van der Waals surface area contributed by atoms with Crippen molar-refractivity contribution in [2.75, 3.05) is 26.2 Å². The van der Waals surface area contributed by atoms with E-state index in [2.05, 4.69) is 40.9 Å². The SMILES string of the molecule is C=C(C)C[N+](CCCCCCCC)(CCCCCCCC)CC(=C)C. The summed E-state index contributed by atoms with van der Waals surface area (Å²) >= 11 is 0. The summed E-state index contributed by atoms with van der Waals surface area (Å²) in [7, 11) is 0. The van der Waals surface area contributed by atoms with Crippen LogP contribution in [0.25, 0.3) is 0 Å². The van der Waals surface area contributed by atoms with Crippen molar-refractivity contribution in [3.63, 3.8) is 0 Å². The van der Waals surface area contributed by atoms with Crippen LogP contribution in [0.1, 0.15) is 105 Å². The van der Waals surface area contributed by atoms with E-state index in [1.165, 1.54) is 106 Å². The van der Waals surface area contributed by atoms with Gasteiger partial charge in [0.1, 0.15) is 13.1 Å². The fourth-order valence-corrected chi connectivity index (χ4v) is 4.08. The minimum atomic E-state index is 1.14. The molecule has 0 bridgehead atoms. The maximum Gasteiger partial charge on any atom is 0.100 e. The van der Waals surface area contributed by atoms with Crippen molar-refractivity contribution < 1.29 is 4.48 Å². The molecule has 0 atom stereocenters. The van der Waals surface area contributed by atoms with Crippen LogP contribution in [0.3, 0.4) is 0 Å². The second-order valence-electron chi connectivity index (χ2n) is 8.55. The molecule has 0 N–H and O–H groups in total. The molecule has 0 aromatic carbocycles. The third kappa shape index (κ3) is 14.3. The molecule has 148 valence electrons. The molecule has 0 saturated carbocycles. The molecule has 0 aromatic heterocycles. The molecule has 0 aliphatic heterocycles. The van der Waals surface area contributed by atoms with Gasteiger partial charge < -0.3 is 4.48 Å². The normalized spacial score (nSPS) is 11.7. The molecule has 0 heterocycles. The Morgan fingerprint density at radius 1 is 0.560 bits per heavy atom. The molecule has 0 aromatic rings. The fraction of sp³-hybridized carbons (Fsp3) is 0.833. The average molecular weight is 351 g/mol. The Labute approximate surface area is 160 Å². The van der Waals surface area contributed by atoms with Crippen LogP contribution in [0.15, 0.2) is 24.3 Å². The third-order valence-corrected chi connectivity index (χ3v) is 5.18. The van der Waals surface area contributed by atoms with Crippen LogP contribution < -0.4 is 0 Å². The molecular formula is C24H48N+. The van der Waals surface area contributed by atoms with Gasteiger partial charge in [-0.1, -0.05) is 78.4 Å². The predicted molar refractivity (Wildman–Crippen MR) is 116 cm³/mol. The van der Waals surface area contributed by atoms with Gasteiger partial charge in [0.2, 0.25) is 0 Å². The van der Waals surface area contributed by atoms with Crippen molar-refractivity contribution in [2.45, 2.75) is 105 Å². The van der Waals surface area contributed by atoms with Crippen molar-refractivity contribution in [2.24, 2.45) is 0 Å². The summed E-state index contributed by atoms with van der Waals surface area (Å²) in [6.45, 7) is 22.4. The van der Waals surface area contributed by atoms with Gasteiger partial charge in [-0.3, -0.25) is 0 Å². The van der Waals surface area contributed by atoms with Crippen molar-refractivity contribution >= 4 is 0 Å². The summed E-state index contributed by atoms with van der Waals surface area (Å²) in [4.78, 5) is 0. The van der Waals surface area contributed by atoms with Crippen molar-refractivity contribution in [3.8, 4) is 0 Å². The molecule has 0 radical (unpaired) electrons. The molecule has 0 spiro atoms. The average Bonchev–Trinajstić information content (AvgIpc) is 2.53. The van der Waals surface area contributed by atoms with E-state index in [0.717, 1.165) is 13.1 Å². The van der Waals surface area contributed by atoms with Gasteiger partial charge in [-0.25, -0.2) is 0 Å². The highest BCUT2D eigenvalue weighted by Gasteiger charge is 2.26. The van der Waals surface area contributed by atoms with Gasteiger partial charge in [0, 0.05) is 0 Å². The van der Waals surface area contributed by atoms with Crippen LogP contribution in [-0.4, -0.2) is 30.7 Å². The second-order valence-corrected chi connectivity index (χ2v) is 8.55. The van der Waals surface area contributed by atoms with Gasteiger partial charge in [-0.15, -0.1) is 0 Å². The standard InChI is InChI=1S/C24H48N/c1-7-9-11-13-15-17-19-25(21-23(3)4,22-24(5)6)20-18-16-14-12-10-8-2/h3,5,7-22H2,1-2,4,6H3/q+1. The predicted octanol–water partition coefficient (Wildman–Crippen LogP) is 7.68. The Hall–Kier alpha value is -0.560. The Bertz CT molecular complexity index is 308. The van der Waals surface area contributed by atoms with Crippen molar-refractivity contribution in [1.82, 2.24) is 0 Å². The molecule has 0 rings (SSSR count). The molecular weight excluding hydrogens is 302 g/mol. The van der Waals surface area contributed by atoms with Gasteiger partial charge in [-0.05, 0) is 50.7 Å². The van der Waals surface area contributed by atoms with Gasteiger partial charge in [0.15, 0.2) is 0 Å². The van der Waals surface area contributed by atoms with Crippen LogP contribution in [0.4, 0.5) is 0 Å². The zero-order chi connectivity index (χ0) is 19.0. The summed E-state index contributed by atoms with van der Waals surface area (Å²) < 4.78 is 1.20. The first-order valence-electron chi connectivity index (χ1n) is 11.1. The fourth-order valence-electron chi connectivity index (χ4n) is 4.08. The molecule has 1 nitrogen and oxygen atoms in total. The number of hydrogen-bond acceptors (Lipinski definition) is 0. The van der Waals surface area contributed by atoms with E-state index >= 15 is 0 Å². The summed E-state index contributed by atoms with van der Waals surface area (Å²) in [5.41, 5.74) is 2.66. The third-order valence-electron chi connectivity index (χ3n) is 5.18. The molecule has 0 amide bonds. The lowest BCUT2D eigenvalue weighted by Crippen LogP contribution is -2.51. The molecule has 25 heavy (non-hydrogen) atoms. The van der Waals surface area contributed by atoms with Crippen LogP contribution in [0.5, 0.6) is 0 Å². The monoisotopic (exact) mass is 350 g/mol. The lowest BCUT2D eigenvalue weighted by Gasteiger charge is -2.39. The first-order chi connectivity index (χ1) is 12.0. The smallest absolute Gasteiger partial charge is 0.100 e. The number of hydrogen-bond donors (Lipinski definition) is 0. The number of unbranched alkanes of at least 4 members (excludes halogenated alkanes) is 10. The number of nitrogens with zero attached hydrogens (tertiary/aromatic N) is 1. The summed E-state index contributed by atoms with van der Waals surface area (Å²) in [6.07, 6.45) is 16.6. The minimum Gasteiger partial charge on any atom is -0.317 e. The lowest BCUT2D eigenvalue weighted by molar-refractivity contribution is -0.920. The maximum atomic E-state index is 4.24. The summed E-state index contributed by atoms with van der Waals surface area (Å²) in [6, 6.07) is 0. The molecule has 0 aliphatic carbocycles. The van der Waals surface area contributed by atoms with Gasteiger partial charge in [0.25, 0.3) is 0 Å². The Morgan fingerprint density at radius 2 is 0.880 bits per heavy atom. The second kappa shape index (κ2) is 15.7. The Balaban J connectivity index is 4.52. The lowest BCUT2D eigenvalue weighted by atomic mass is 10.1.